The molecule has 5 heteroatoms. The highest BCUT2D eigenvalue weighted by molar-refractivity contribution is 6.68. The maximum absolute atomic E-state index is 11.1. The summed E-state index contributed by atoms with van der Waals surface area (Å²) >= 11 is 17.5. The first kappa shape index (κ1) is 15.2. The lowest BCUT2D eigenvalue weighted by Gasteiger charge is -2.12. The molecule has 0 bridgehead atoms. The summed E-state index contributed by atoms with van der Waals surface area (Å²) < 4.78 is 5.65. The summed E-state index contributed by atoms with van der Waals surface area (Å²) in [5.74, 6) is 0.346. The SMILES string of the molecule is Cc1ccccc1COc1c(Cl)cc(C(=O)Cl)cc1Cl. The Kier molecular flexibility index (Phi) is 4.92. The topological polar surface area (TPSA) is 26.3 Å². The lowest BCUT2D eigenvalue weighted by molar-refractivity contribution is 0.108. The van der Waals surface area contributed by atoms with Crippen molar-refractivity contribution in [2.24, 2.45) is 0 Å². The van der Waals surface area contributed by atoms with Crippen molar-refractivity contribution in [1.82, 2.24) is 0 Å². The molecule has 0 saturated carbocycles. The molecular weight excluding hydrogens is 319 g/mol. The van der Waals surface area contributed by atoms with Crippen LogP contribution in [0.5, 0.6) is 5.75 Å². The van der Waals surface area contributed by atoms with Crippen LogP contribution in [0.2, 0.25) is 10.0 Å². The van der Waals surface area contributed by atoms with Crippen molar-refractivity contribution >= 4 is 40.0 Å². The van der Waals surface area contributed by atoms with E-state index in [4.69, 9.17) is 39.5 Å². The molecular formula is C15H11Cl3O2. The zero-order valence-electron chi connectivity index (χ0n) is 10.6. The van der Waals surface area contributed by atoms with Gasteiger partial charge in [0, 0.05) is 5.56 Å². The molecule has 0 aliphatic heterocycles. The zero-order valence-corrected chi connectivity index (χ0v) is 12.9. The van der Waals surface area contributed by atoms with Gasteiger partial charge in [-0.15, -0.1) is 0 Å². The fourth-order valence-electron chi connectivity index (χ4n) is 1.73. The van der Waals surface area contributed by atoms with E-state index in [2.05, 4.69) is 0 Å². The zero-order chi connectivity index (χ0) is 14.7. The van der Waals surface area contributed by atoms with Gasteiger partial charge >= 0.3 is 0 Å². The largest absolute Gasteiger partial charge is 0.486 e. The first-order chi connectivity index (χ1) is 9.49. The molecule has 0 unspecified atom stereocenters. The van der Waals surface area contributed by atoms with Gasteiger partial charge in [0.15, 0.2) is 5.75 Å². The third-order valence-electron chi connectivity index (χ3n) is 2.86. The second kappa shape index (κ2) is 6.49. The highest BCUT2D eigenvalue weighted by Crippen LogP contribution is 2.35. The number of benzene rings is 2. The van der Waals surface area contributed by atoms with Gasteiger partial charge in [-0.2, -0.15) is 0 Å². The molecule has 0 atom stereocenters. The monoisotopic (exact) mass is 328 g/mol. The Morgan fingerprint density at radius 1 is 1.15 bits per heavy atom. The van der Waals surface area contributed by atoms with E-state index in [1.54, 1.807) is 0 Å². The van der Waals surface area contributed by atoms with E-state index in [-0.39, 0.29) is 15.6 Å². The average molecular weight is 330 g/mol. The van der Waals surface area contributed by atoms with Gasteiger partial charge in [0.05, 0.1) is 10.0 Å². The van der Waals surface area contributed by atoms with Crippen molar-refractivity contribution in [2.75, 3.05) is 0 Å². The van der Waals surface area contributed by atoms with Crippen LogP contribution in [0.15, 0.2) is 36.4 Å². The summed E-state index contributed by atoms with van der Waals surface area (Å²) in [6.07, 6.45) is 0. The normalized spacial score (nSPS) is 10.4. The van der Waals surface area contributed by atoms with Crippen molar-refractivity contribution in [3.8, 4) is 5.75 Å². The molecule has 0 spiro atoms. The molecule has 2 aromatic rings. The molecule has 0 aliphatic rings. The van der Waals surface area contributed by atoms with Gasteiger partial charge in [-0.25, -0.2) is 0 Å². The number of halogens is 3. The average Bonchev–Trinajstić information content (AvgIpc) is 2.39. The van der Waals surface area contributed by atoms with Crippen LogP contribution in [-0.4, -0.2) is 5.24 Å². The highest BCUT2D eigenvalue weighted by atomic mass is 35.5. The second-order valence-electron chi connectivity index (χ2n) is 4.26. The number of rotatable bonds is 4. The van der Waals surface area contributed by atoms with Crippen molar-refractivity contribution in [3.05, 3.63) is 63.1 Å². The van der Waals surface area contributed by atoms with E-state index in [1.165, 1.54) is 12.1 Å². The van der Waals surface area contributed by atoms with E-state index >= 15 is 0 Å². The summed E-state index contributed by atoms with van der Waals surface area (Å²) in [6, 6.07) is 10.7. The highest BCUT2D eigenvalue weighted by Gasteiger charge is 2.13. The van der Waals surface area contributed by atoms with Gasteiger partial charge < -0.3 is 4.74 Å². The van der Waals surface area contributed by atoms with Gasteiger partial charge in [-0.3, -0.25) is 4.79 Å². The summed E-state index contributed by atoms with van der Waals surface area (Å²) in [5, 5.41) is -0.0931. The molecule has 0 amide bonds. The first-order valence-corrected chi connectivity index (χ1v) is 6.98. The molecule has 20 heavy (non-hydrogen) atoms. The number of hydrogen-bond donors (Lipinski definition) is 0. The van der Waals surface area contributed by atoms with Gasteiger partial charge in [-0.1, -0.05) is 47.5 Å². The van der Waals surface area contributed by atoms with Crippen LogP contribution in [0.4, 0.5) is 0 Å². The van der Waals surface area contributed by atoms with Crippen LogP contribution >= 0.6 is 34.8 Å². The second-order valence-corrected chi connectivity index (χ2v) is 5.42. The lowest BCUT2D eigenvalue weighted by Crippen LogP contribution is -2.00. The van der Waals surface area contributed by atoms with Gasteiger partial charge in [0.25, 0.3) is 5.24 Å². The smallest absolute Gasteiger partial charge is 0.252 e. The van der Waals surface area contributed by atoms with Crippen LogP contribution < -0.4 is 4.74 Å². The Morgan fingerprint density at radius 2 is 1.75 bits per heavy atom. The fraction of sp³-hybridized carbons (Fsp3) is 0.133. The van der Waals surface area contributed by atoms with Crippen molar-refractivity contribution in [1.29, 1.82) is 0 Å². The molecule has 2 nitrogen and oxygen atoms in total. The number of aryl methyl sites for hydroxylation is 1. The third kappa shape index (κ3) is 3.45. The van der Waals surface area contributed by atoms with Crippen LogP contribution in [0, 0.1) is 6.92 Å². The number of ether oxygens (including phenoxy) is 1. The molecule has 0 aromatic heterocycles. The molecule has 2 aromatic carbocycles. The first-order valence-electron chi connectivity index (χ1n) is 5.85. The fourth-order valence-corrected chi connectivity index (χ4v) is 2.44. The van der Waals surface area contributed by atoms with E-state index in [0.717, 1.165) is 11.1 Å². The lowest BCUT2D eigenvalue weighted by atomic mass is 10.1. The maximum atomic E-state index is 11.1. The van der Waals surface area contributed by atoms with Gasteiger partial charge in [-0.05, 0) is 41.8 Å². The van der Waals surface area contributed by atoms with E-state index < -0.39 is 5.24 Å². The van der Waals surface area contributed by atoms with Gasteiger partial charge in [0.1, 0.15) is 6.61 Å². The molecule has 2 rings (SSSR count). The number of carbonyl (C=O) groups is 1. The predicted octanol–water partition coefficient (Wildman–Crippen LogP) is 5.26. The Labute approximate surface area is 132 Å². The summed E-state index contributed by atoms with van der Waals surface area (Å²) in [5.41, 5.74) is 2.40. The molecule has 0 saturated heterocycles. The summed E-state index contributed by atoms with van der Waals surface area (Å²) in [6.45, 7) is 2.34. The van der Waals surface area contributed by atoms with Crippen LogP contribution in [0.1, 0.15) is 21.5 Å². The van der Waals surface area contributed by atoms with Gasteiger partial charge in [0.2, 0.25) is 0 Å². The Balaban J connectivity index is 2.22. The standard InChI is InChI=1S/C15H11Cl3O2/c1-9-4-2-3-5-10(9)8-20-14-12(16)6-11(15(18)19)7-13(14)17/h2-7H,8H2,1H3. The molecule has 0 fully saturated rings. The minimum atomic E-state index is -0.612. The van der Waals surface area contributed by atoms with E-state index in [1.807, 2.05) is 31.2 Å². The molecule has 0 radical (unpaired) electrons. The quantitative estimate of drug-likeness (QED) is 0.715. The third-order valence-corrected chi connectivity index (χ3v) is 3.64. The van der Waals surface area contributed by atoms with Crippen LogP contribution in [0.3, 0.4) is 0 Å². The number of carbonyl (C=O) groups excluding carboxylic acids is 1. The Bertz CT molecular complexity index is 630. The molecule has 104 valence electrons. The van der Waals surface area contributed by atoms with Crippen molar-refractivity contribution in [2.45, 2.75) is 13.5 Å². The molecule has 0 heterocycles. The molecule has 0 aliphatic carbocycles. The Hall–Kier alpha value is -1.22. The van der Waals surface area contributed by atoms with Crippen molar-refractivity contribution in [3.63, 3.8) is 0 Å². The van der Waals surface area contributed by atoms with Crippen LogP contribution in [-0.2, 0) is 6.61 Å². The summed E-state index contributed by atoms with van der Waals surface area (Å²) in [4.78, 5) is 11.1. The minimum absolute atomic E-state index is 0.241. The predicted molar refractivity (Wildman–Crippen MR) is 82.2 cm³/mol. The van der Waals surface area contributed by atoms with E-state index in [0.29, 0.717) is 12.4 Å². The number of hydrogen-bond acceptors (Lipinski definition) is 2. The Morgan fingerprint density at radius 3 is 2.30 bits per heavy atom. The molecule has 0 N–H and O–H groups in total. The summed E-state index contributed by atoms with van der Waals surface area (Å²) in [7, 11) is 0. The van der Waals surface area contributed by atoms with Crippen molar-refractivity contribution < 1.29 is 9.53 Å². The maximum Gasteiger partial charge on any atom is 0.252 e. The minimum Gasteiger partial charge on any atom is -0.486 e. The van der Waals surface area contributed by atoms with E-state index in [9.17, 15) is 4.79 Å². The van der Waals surface area contributed by atoms with Crippen LogP contribution in [0.25, 0.3) is 0 Å².